The standard InChI is InChI=1S/C11H18N4O/c1-15(2)10-6-5-9(8-13-10)14-11(16)4-3-7-12/h5-6,8H,3-4,7,12H2,1-2H3,(H,14,16). The van der Waals surface area contributed by atoms with Crippen molar-refractivity contribution in [3.05, 3.63) is 18.3 Å². The molecule has 0 spiro atoms. The monoisotopic (exact) mass is 222 g/mol. The molecule has 0 aliphatic rings. The Bertz CT molecular complexity index is 334. The summed E-state index contributed by atoms with van der Waals surface area (Å²) in [6.45, 7) is 0.533. The highest BCUT2D eigenvalue weighted by molar-refractivity contribution is 5.90. The van der Waals surface area contributed by atoms with E-state index in [1.807, 2.05) is 31.1 Å². The van der Waals surface area contributed by atoms with E-state index in [2.05, 4.69) is 10.3 Å². The zero-order valence-corrected chi connectivity index (χ0v) is 9.73. The van der Waals surface area contributed by atoms with Crippen molar-refractivity contribution in [1.82, 2.24) is 4.98 Å². The van der Waals surface area contributed by atoms with E-state index >= 15 is 0 Å². The van der Waals surface area contributed by atoms with Crippen LogP contribution in [0.3, 0.4) is 0 Å². The van der Waals surface area contributed by atoms with Gasteiger partial charge in [-0.15, -0.1) is 0 Å². The minimum Gasteiger partial charge on any atom is -0.363 e. The second-order valence-electron chi connectivity index (χ2n) is 3.74. The van der Waals surface area contributed by atoms with E-state index in [1.54, 1.807) is 6.20 Å². The molecule has 5 heteroatoms. The van der Waals surface area contributed by atoms with Crippen molar-refractivity contribution in [3.63, 3.8) is 0 Å². The first-order valence-electron chi connectivity index (χ1n) is 5.27. The lowest BCUT2D eigenvalue weighted by Gasteiger charge is -2.11. The third-order valence-electron chi connectivity index (χ3n) is 2.10. The van der Waals surface area contributed by atoms with Gasteiger partial charge in [0, 0.05) is 20.5 Å². The number of hydrogen-bond donors (Lipinski definition) is 2. The molecule has 0 saturated heterocycles. The highest BCUT2D eigenvalue weighted by Crippen LogP contribution is 2.11. The van der Waals surface area contributed by atoms with E-state index in [4.69, 9.17) is 5.73 Å². The average molecular weight is 222 g/mol. The summed E-state index contributed by atoms with van der Waals surface area (Å²) >= 11 is 0. The maximum Gasteiger partial charge on any atom is 0.224 e. The second kappa shape index (κ2) is 6.07. The summed E-state index contributed by atoms with van der Waals surface area (Å²) in [4.78, 5) is 17.5. The number of carbonyl (C=O) groups excluding carboxylic acids is 1. The number of nitrogens with one attached hydrogen (secondary N) is 1. The number of hydrogen-bond acceptors (Lipinski definition) is 4. The van der Waals surface area contributed by atoms with Crippen LogP contribution in [0.5, 0.6) is 0 Å². The lowest BCUT2D eigenvalue weighted by molar-refractivity contribution is -0.116. The van der Waals surface area contributed by atoms with Crippen molar-refractivity contribution in [2.45, 2.75) is 12.8 Å². The van der Waals surface area contributed by atoms with Crippen LogP contribution >= 0.6 is 0 Å². The topological polar surface area (TPSA) is 71.2 Å². The van der Waals surface area contributed by atoms with E-state index in [-0.39, 0.29) is 5.91 Å². The number of amides is 1. The first kappa shape index (κ1) is 12.4. The minimum absolute atomic E-state index is 0.0233. The van der Waals surface area contributed by atoms with Crippen LogP contribution in [0, 0.1) is 0 Å². The van der Waals surface area contributed by atoms with E-state index in [0.717, 1.165) is 5.82 Å². The molecule has 0 aliphatic heterocycles. The van der Waals surface area contributed by atoms with Gasteiger partial charge in [-0.1, -0.05) is 0 Å². The molecule has 0 aromatic carbocycles. The van der Waals surface area contributed by atoms with Gasteiger partial charge in [0.15, 0.2) is 0 Å². The molecule has 1 aromatic heterocycles. The van der Waals surface area contributed by atoms with E-state index in [0.29, 0.717) is 25.1 Å². The van der Waals surface area contributed by atoms with Crippen LogP contribution < -0.4 is 16.0 Å². The van der Waals surface area contributed by atoms with Gasteiger partial charge in [0.05, 0.1) is 11.9 Å². The minimum atomic E-state index is -0.0233. The largest absolute Gasteiger partial charge is 0.363 e. The summed E-state index contributed by atoms with van der Waals surface area (Å²) in [6, 6.07) is 3.70. The number of pyridine rings is 1. The molecular weight excluding hydrogens is 204 g/mol. The molecule has 0 fully saturated rings. The average Bonchev–Trinajstić information content (AvgIpc) is 2.27. The number of nitrogens with two attached hydrogens (primary N) is 1. The molecule has 1 rings (SSSR count). The zero-order chi connectivity index (χ0) is 12.0. The third-order valence-corrected chi connectivity index (χ3v) is 2.10. The SMILES string of the molecule is CN(C)c1ccc(NC(=O)CCCN)cn1. The van der Waals surface area contributed by atoms with Gasteiger partial charge in [-0.3, -0.25) is 4.79 Å². The van der Waals surface area contributed by atoms with Crippen molar-refractivity contribution < 1.29 is 4.79 Å². The van der Waals surface area contributed by atoms with Crippen molar-refractivity contribution in [2.75, 3.05) is 30.9 Å². The third kappa shape index (κ3) is 3.86. The van der Waals surface area contributed by atoms with Crippen LogP contribution in [0.15, 0.2) is 18.3 Å². The molecule has 3 N–H and O–H groups in total. The Balaban J connectivity index is 2.51. The summed E-state index contributed by atoms with van der Waals surface area (Å²) < 4.78 is 0. The van der Waals surface area contributed by atoms with Gasteiger partial charge in [0.2, 0.25) is 5.91 Å². The van der Waals surface area contributed by atoms with Gasteiger partial charge in [-0.25, -0.2) is 4.98 Å². The van der Waals surface area contributed by atoms with Gasteiger partial charge in [0.25, 0.3) is 0 Å². The van der Waals surface area contributed by atoms with Crippen LogP contribution in [0.1, 0.15) is 12.8 Å². The number of anilines is 2. The predicted molar refractivity (Wildman–Crippen MR) is 65.5 cm³/mol. The van der Waals surface area contributed by atoms with Crippen LogP contribution in [0.25, 0.3) is 0 Å². The summed E-state index contributed by atoms with van der Waals surface area (Å²) in [5.41, 5.74) is 6.04. The Morgan fingerprint density at radius 2 is 2.25 bits per heavy atom. The van der Waals surface area contributed by atoms with Gasteiger partial charge in [-0.05, 0) is 25.1 Å². The quantitative estimate of drug-likeness (QED) is 0.774. The van der Waals surface area contributed by atoms with E-state index in [1.165, 1.54) is 0 Å². The molecular formula is C11H18N4O. The van der Waals surface area contributed by atoms with Gasteiger partial charge in [0.1, 0.15) is 5.82 Å². The van der Waals surface area contributed by atoms with Gasteiger partial charge < -0.3 is 16.0 Å². The molecule has 1 aromatic rings. The Hall–Kier alpha value is -1.62. The van der Waals surface area contributed by atoms with Crippen molar-refractivity contribution in [3.8, 4) is 0 Å². The van der Waals surface area contributed by atoms with E-state index in [9.17, 15) is 4.79 Å². The molecule has 0 atom stereocenters. The van der Waals surface area contributed by atoms with Gasteiger partial charge >= 0.3 is 0 Å². The number of carbonyl (C=O) groups is 1. The lowest BCUT2D eigenvalue weighted by atomic mass is 10.3. The fourth-order valence-corrected chi connectivity index (χ4v) is 1.21. The van der Waals surface area contributed by atoms with Gasteiger partial charge in [-0.2, -0.15) is 0 Å². The molecule has 0 saturated carbocycles. The second-order valence-corrected chi connectivity index (χ2v) is 3.74. The zero-order valence-electron chi connectivity index (χ0n) is 9.73. The van der Waals surface area contributed by atoms with Crippen LogP contribution in [-0.2, 0) is 4.79 Å². The predicted octanol–water partition coefficient (Wildman–Crippen LogP) is 0.825. The summed E-state index contributed by atoms with van der Waals surface area (Å²) in [7, 11) is 3.84. The molecule has 5 nitrogen and oxygen atoms in total. The normalized spacial score (nSPS) is 9.94. The highest BCUT2D eigenvalue weighted by Gasteiger charge is 2.02. The lowest BCUT2D eigenvalue weighted by Crippen LogP contribution is -2.14. The molecule has 0 radical (unpaired) electrons. The Morgan fingerprint density at radius 3 is 2.75 bits per heavy atom. The highest BCUT2D eigenvalue weighted by atomic mass is 16.1. The van der Waals surface area contributed by atoms with Crippen LogP contribution in [-0.4, -0.2) is 31.5 Å². The van der Waals surface area contributed by atoms with Crippen LogP contribution in [0.4, 0.5) is 11.5 Å². The molecule has 0 unspecified atom stereocenters. The Labute approximate surface area is 95.7 Å². The number of aromatic nitrogens is 1. The van der Waals surface area contributed by atoms with Crippen molar-refractivity contribution in [1.29, 1.82) is 0 Å². The molecule has 0 bridgehead atoms. The maximum atomic E-state index is 11.4. The molecule has 1 heterocycles. The first-order valence-corrected chi connectivity index (χ1v) is 5.27. The van der Waals surface area contributed by atoms with E-state index < -0.39 is 0 Å². The molecule has 16 heavy (non-hydrogen) atoms. The van der Waals surface area contributed by atoms with Crippen LogP contribution in [0.2, 0.25) is 0 Å². The fraction of sp³-hybridized carbons (Fsp3) is 0.455. The molecule has 0 aliphatic carbocycles. The smallest absolute Gasteiger partial charge is 0.224 e. The summed E-state index contributed by atoms with van der Waals surface area (Å²) in [5, 5.41) is 2.77. The fourth-order valence-electron chi connectivity index (χ4n) is 1.21. The molecule has 1 amide bonds. The number of nitrogens with zero attached hydrogens (tertiary/aromatic N) is 2. The molecule has 88 valence electrons. The number of rotatable bonds is 5. The first-order chi connectivity index (χ1) is 7.63. The summed E-state index contributed by atoms with van der Waals surface area (Å²) in [6.07, 6.45) is 2.80. The Kier molecular flexibility index (Phi) is 4.72. The summed E-state index contributed by atoms with van der Waals surface area (Å²) in [5.74, 6) is 0.838. The van der Waals surface area contributed by atoms with Crippen molar-refractivity contribution in [2.24, 2.45) is 5.73 Å². The maximum absolute atomic E-state index is 11.4. The van der Waals surface area contributed by atoms with Crippen molar-refractivity contribution >= 4 is 17.4 Å². The Morgan fingerprint density at radius 1 is 1.50 bits per heavy atom.